The van der Waals surface area contributed by atoms with Gasteiger partial charge in [-0.25, -0.2) is 0 Å². The predicted octanol–water partition coefficient (Wildman–Crippen LogP) is 4.93. The number of hydrogen-bond donors (Lipinski definition) is 1. The Morgan fingerprint density at radius 1 is 0.789 bits per heavy atom. The molecule has 0 radical (unpaired) electrons. The van der Waals surface area contributed by atoms with Gasteiger partial charge in [0.1, 0.15) is 5.75 Å². The molecule has 0 aromatic heterocycles. The first kappa shape index (κ1) is 26.9. The fraction of sp³-hybridized carbons (Fsp3) is 0.286. The van der Waals surface area contributed by atoms with Crippen LogP contribution in [0.4, 0.5) is 5.69 Å². The summed E-state index contributed by atoms with van der Waals surface area (Å²) < 4.78 is 27.3. The molecule has 4 rings (SSSR count). The summed E-state index contributed by atoms with van der Waals surface area (Å²) in [6.07, 6.45) is 0. The Morgan fingerprint density at radius 3 is 2.00 bits per heavy atom. The molecule has 0 spiro atoms. The summed E-state index contributed by atoms with van der Waals surface area (Å²) in [6.45, 7) is 0. The van der Waals surface area contributed by atoms with E-state index in [4.69, 9.17) is 35.3 Å². The molecule has 0 bridgehead atoms. The molecule has 200 valence electrons. The Kier molecular flexibility index (Phi) is 7.87. The standard InChI is InChI=1S/C28H29ClN2O7/c1-31-26(15-7-9-21(35-3)22(11-15)36-4)25(27(32)30-19-12-16(29)8-10-20(19)34-2)17-13-23(37-5)24(38-6)14-18(17)28(31)33/h7-14,25-26H,1-6H3,(H,30,32)/t25-,26-/m0/s1. The number of likely N-dealkylation sites (N-methyl/N-ethyl adjacent to an activating group) is 1. The molecule has 1 aliphatic heterocycles. The van der Waals surface area contributed by atoms with E-state index in [1.54, 1.807) is 56.6 Å². The van der Waals surface area contributed by atoms with Gasteiger partial charge in [-0.15, -0.1) is 0 Å². The molecule has 0 fully saturated rings. The van der Waals surface area contributed by atoms with E-state index >= 15 is 0 Å². The summed E-state index contributed by atoms with van der Waals surface area (Å²) in [5.74, 6) is 0.717. The summed E-state index contributed by atoms with van der Waals surface area (Å²) >= 11 is 6.21. The number of nitrogens with zero attached hydrogens (tertiary/aromatic N) is 1. The number of ether oxygens (including phenoxy) is 5. The van der Waals surface area contributed by atoms with Crippen molar-refractivity contribution in [3.63, 3.8) is 0 Å². The number of fused-ring (bicyclic) bond motifs is 1. The third-order valence-electron chi connectivity index (χ3n) is 6.63. The largest absolute Gasteiger partial charge is 0.495 e. The number of hydrogen-bond acceptors (Lipinski definition) is 7. The third kappa shape index (κ3) is 4.77. The Bertz CT molecular complexity index is 1380. The molecule has 3 aromatic rings. The van der Waals surface area contributed by atoms with Crippen molar-refractivity contribution in [2.75, 3.05) is 47.9 Å². The zero-order chi connectivity index (χ0) is 27.6. The van der Waals surface area contributed by atoms with E-state index in [0.29, 0.717) is 56.1 Å². The fourth-order valence-corrected chi connectivity index (χ4v) is 4.95. The maximum absolute atomic E-state index is 14.1. The van der Waals surface area contributed by atoms with E-state index in [-0.39, 0.29) is 11.8 Å². The summed E-state index contributed by atoms with van der Waals surface area (Å²) in [5.41, 5.74) is 1.90. The predicted molar refractivity (Wildman–Crippen MR) is 143 cm³/mol. The van der Waals surface area contributed by atoms with Crippen molar-refractivity contribution in [1.29, 1.82) is 0 Å². The summed E-state index contributed by atoms with van der Waals surface area (Å²) in [6, 6.07) is 12.8. The minimum absolute atomic E-state index is 0.273. The highest BCUT2D eigenvalue weighted by molar-refractivity contribution is 6.31. The zero-order valence-corrected chi connectivity index (χ0v) is 22.7. The topological polar surface area (TPSA) is 95.6 Å². The molecule has 0 saturated heterocycles. The number of rotatable bonds is 8. The molecule has 1 aliphatic rings. The van der Waals surface area contributed by atoms with Crippen LogP contribution >= 0.6 is 11.6 Å². The van der Waals surface area contributed by atoms with Gasteiger partial charge in [-0.2, -0.15) is 0 Å². The van der Waals surface area contributed by atoms with E-state index < -0.39 is 12.0 Å². The van der Waals surface area contributed by atoms with Crippen molar-refractivity contribution in [3.05, 3.63) is 70.2 Å². The van der Waals surface area contributed by atoms with Gasteiger partial charge >= 0.3 is 0 Å². The van der Waals surface area contributed by atoms with E-state index in [2.05, 4.69) is 5.32 Å². The van der Waals surface area contributed by atoms with Gasteiger partial charge in [-0.05, 0) is 53.6 Å². The molecular weight excluding hydrogens is 512 g/mol. The van der Waals surface area contributed by atoms with Crippen LogP contribution in [-0.4, -0.2) is 59.3 Å². The molecule has 9 nitrogen and oxygen atoms in total. The Hall–Kier alpha value is -4.11. The highest BCUT2D eigenvalue weighted by Crippen LogP contribution is 2.47. The van der Waals surface area contributed by atoms with Gasteiger partial charge in [0, 0.05) is 17.6 Å². The van der Waals surface area contributed by atoms with Crippen LogP contribution in [-0.2, 0) is 4.79 Å². The number of amides is 2. The van der Waals surface area contributed by atoms with Crippen LogP contribution in [0.1, 0.15) is 33.4 Å². The molecule has 0 unspecified atom stereocenters. The van der Waals surface area contributed by atoms with Gasteiger partial charge in [0.05, 0.1) is 53.2 Å². The SMILES string of the molecule is COc1ccc(Cl)cc1NC(=O)[C@H]1c2cc(OC)c(OC)cc2C(=O)N(C)[C@H]1c1ccc(OC)c(OC)c1. The molecule has 38 heavy (non-hydrogen) atoms. The van der Waals surface area contributed by atoms with E-state index in [0.717, 1.165) is 0 Å². The van der Waals surface area contributed by atoms with Gasteiger partial charge in [0.25, 0.3) is 5.91 Å². The number of carbonyl (C=O) groups is 2. The number of methoxy groups -OCH3 is 5. The lowest BCUT2D eigenvalue weighted by Crippen LogP contribution is -2.44. The van der Waals surface area contributed by atoms with Crippen molar-refractivity contribution in [3.8, 4) is 28.7 Å². The van der Waals surface area contributed by atoms with Crippen LogP contribution in [0.25, 0.3) is 0 Å². The van der Waals surface area contributed by atoms with Gasteiger partial charge in [-0.3, -0.25) is 9.59 Å². The fourth-order valence-electron chi connectivity index (χ4n) is 4.77. The van der Waals surface area contributed by atoms with Crippen LogP contribution in [0.2, 0.25) is 5.02 Å². The number of carbonyl (C=O) groups excluding carboxylic acids is 2. The summed E-state index contributed by atoms with van der Waals surface area (Å²) in [7, 11) is 9.22. The monoisotopic (exact) mass is 540 g/mol. The van der Waals surface area contributed by atoms with Gasteiger partial charge < -0.3 is 33.9 Å². The third-order valence-corrected chi connectivity index (χ3v) is 6.86. The van der Waals surface area contributed by atoms with Crippen LogP contribution in [0.3, 0.4) is 0 Å². The lowest BCUT2D eigenvalue weighted by atomic mass is 9.79. The second-order valence-electron chi connectivity index (χ2n) is 8.58. The second kappa shape index (κ2) is 11.1. The summed E-state index contributed by atoms with van der Waals surface area (Å²) in [4.78, 5) is 29.3. The Balaban J connectivity index is 1.92. The molecule has 1 heterocycles. The van der Waals surface area contributed by atoms with E-state index in [1.165, 1.54) is 33.3 Å². The van der Waals surface area contributed by atoms with E-state index in [9.17, 15) is 9.59 Å². The molecule has 0 saturated carbocycles. The van der Waals surface area contributed by atoms with E-state index in [1.807, 2.05) is 6.07 Å². The molecule has 3 aromatic carbocycles. The average molecular weight is 541 g/mol. The van der Waals surface area contributed by atoms with Crippen molar-refractivity contribution in [2.45, 2.75) is 12.0 Å². The van der Waals surface area contributed by atoms with Crippen LogP contribution in [0.15, 0.2) is 48.5 Å². The number of anilines is 1. The molecule has 2 amide bonds. The quantitative estimate of drug-likeness (QED) is 0.432. The molecule has 1 N–H and O–H groups in total. The van der Waals surface area contributed by atoms with Crippen molar-refractivity contribution < 1.29 is 33.3 Å². The number of nitrogens with one attached hydrogen (secondary N) is 1. The highest BCUT2D eigenvalue weighted by atomic mass is 35.5. The Morgan fingerprint density at radius 2 is 1.37 bits per heavy atom. The van der Waals surface area contributed by atoms with Gasteiger partial charge in [0.15, 0.2) is 23.0 Å². The summed E-state index contributed by atoms with van der Waals surface area (Å²) in [5, 5.41) is 3.38. The van der Waals surface area contributed by atoms with Gasteiger partial charge in [-0.1, -0.05) is 17.7 Å². The van der Waals surface area contributed by atoms with Crippen LogP contribution in [0.5, 0.6) is 28.7 Å². The number of halogens is 1. The van der Waals surface area contributed by atoms with Crippen LogP contribution in [0, 0.1) is 0 Å². The first-order valence-corrected chi connectivity index (χ1v) is 12.0. The Labute approximate surface area is 226 Å². The molecule has 0 aliphatic carbocycles. The maximum atomic E-state index is 14.1. The smallest absolute Gasteiger partial charge is 0.254 e. The lowest BCUT2D eigenvalue weighted by Gasteiger charge is -2.40. The maximum Gasteiger partial charge on any atom is 0.254 e. The molecule has 2 atom stereocenters. The van der Waals surface area contributed by atoms with Crippen LogP contribution < -0.4 is 29.0 Å². The van der Waals surface area contributed by atoms with Crippen molar-refractivity contribution >= 4 is 29.1 Å². The minimum atomic E-state index is -0.853. The molecular formula is C28H29ClN2O7. The highest BCUT2D eigenvalue weighted by Gasteiger charge is 2.44. The normalized spacial score (nSPS) is 16.4. The van der Waals surface area contributed by atoms with Gasteiger partial charge in [0.2, 0.25) is 5.91 Å². The number of benzene rings is 3. The second-order valence-corrected chi connectivity index (χ2v) is 9.02. The van der Waals surface area contributed by atoms with Crippen molar-refractivity contribution in [1.82, 2.24) is 4.90 Å². The lowest BCUT2D eigenvalue weighted by molar-refractivity contribution is -0.119. The zero-order valence-electron chi connectivity index (χ0n) is 22.0. The first-order valence-electron chi connectivity index (χ1n) is 11.7. The minimum Gasteiger partial charge on any atom is -0.495 e. The average Bonchev–Trinajstić information content (AvgIpc) is 2.93. The van der Waals surface area contributed by atoms with Crippen molar-refractivity contribution in [2.24, 2.45) is 0 Å². The first-order chi connectivity index (χ1) is 18.3. The molecule has 10 heteroatoms.